The van der Waals surface area contributed by atoms with Gasteiger partial charge in [-0.1, -0.05) is 6.07 Å². The Labute approximate surface area is 192 Å². The van der Waals surface area contributed by atoms with Crippen LogP contribution in [0.4, 0.5) is 23.2 Å². The fraction of sp³-hybridized carbons (Fsp3) is 0.227. The van der Waals surface area contributed by atoms with Crippen molar-refractivity contribution in [3.05, 3.63) is 70.9 Å². The minimum atomic E-state index is -4.72. The normalized spacial score (nSPS) is 11.4. The molecule has 6 nitrogen and oxygen atoms in total. The van der Waals surface area contributed by atoms with Gasteiger partial charge in [-0.3, -0.25) is 9.52 Å². The minimum Gasteiger partial charge on any atom is -0.436 e. The second-order valence-electron chi connectivity index (χ2n) is 6.96. The maximum Gasteiger partial charge on any atom is 0.418 e. The van der Waals surface area contributed by atoms with E-state index in [2.05, 4.69) is 14.7 Å². The van der Waals surface area contributed by atoms with Gasteiger partial charge in [-0.25, -0.2) is 9.97 Å². The molecule has 0 aliphatic carbocycles. The molecule has 3 rings (SSSR count). The average molecular weight is 480 g/mol. The highest BCUT2D eigenvalue weighted by molar-refractivity contribution is 7.97. The van der Waals surface area contributed by atoms with Crippen molar-refractivity contribution < 1.29 is 27.1 Å². The molecule has 0 saturated carbocycles. The molecule has 174 valence electrons. The Morgan fingerprint density at radius 3 is 2.55 bits per heavy atom. The maximum atomic E-state index is 13.6. The molecule has 0 unspecified atom stereocenters. The summed E-state index contributed by atoms with van der Waals surface area (Å²) in [5, 5.41) is 0. The van der Waals surface area contributed by atoms with Crippen LogP contribution in [0.5, 0.6) is 11.6 Å². The summed E-state index contributed by atoms with van der Waals surface area (Å²) in [4.78, 5) is 22.8. The lowest BCUT2D eigenvalue weighted by Gasteiger charge is -2.22. The second kappa shape index (κ2) is 9.75. The number of benzene rings is 1. The number of rotatable bonds is 6. The third kappa shape index (κ3) is 5.42. The fourth-order valence-electron chi connectivity index (χ4n) is 3.08. The summed E-state index contributed by atoms with van der Waals surface area (Å²) in [5.41, 5.74) is -1.14. The zero-order chi connectivity index (χ0) is 24.3. The van der Waals surface area contributed by atoms with E-state index in [1.54, 1.807) is 25.2 Å². The van der Waals surface area contributed by atoms with Crippen molar-refractivity contribution in [2.75, 3.05) is 19.0 Å². The summed E-state index contributed by atoms with van der Waals surface area (Å²) in [6.07, 6.45) is -4.11. The molecule has 0 saturated heterocycles. The largest absolute Gasteiger partial charge is 0.436 e. The summed E-state index contributed by atoms with van der Waals surface area (Å²) in [5.74, 6) is -1.77. The SMILES string of the molecule is CNSc1cccc(N(C)C(=O)c2c(Oc3ccc(F)nc3C)ncc(C(F)(F)F)c2C)c1. The zero-order valence-corrected chi connectivity index (χ0v) is 18.9. The van der Waals surface area contributed by atoms with Crippen LogP contribution in [0.3, 0.4) is 0 Å². The van der Waals surface area contributed by atoms with Crippen LogP contribution in [0.25, 0.3) is 0 Å². The molecular weight excluding hydrogens is 460 g/mol. The standard InChI is InChI=1S/C22H20F4N4O2S/c1-12-16(22(24,25)26)11-28-20(32-17-8-9-18(23)29-13(17)2)19(12)21(31)30(4)14-6-5-7-15(10-14)33-27-3/h5-11,27H,1-4H3. The van der Waals surface area contributed by atoms with Crippen LogP contribution in [0, 0.1) is 19.8 Å². The average Bonchev–Trinajstić information content (AvgIpc) is 2.74. The van der Waals surface area contributed by atoms with Crippen LogP contribution >= 0.6 is 11.9 Å². The lowest BCUT2D eigenvalue weighted by Crippen LogP contribution is -2.28. The molecule has 0 atom stereocenters. The number of nitrogens with zero attached hydrogens (tertiary/aromatic N) is 3. The summed E-state index contributed by atoms with van der Waals surface area (Å²) in [6, 6.07) is 9.22. The number of hydrogen-bond acceptors (Lipinski definition) is 6. The summed E-state index contributed by atoms with van der Waals surface area (Å²) in [6.45, 7) is 2.65. The Morgan fingerprint density at radius 1 is 1.18 bits per heavy atom. The molecule has 0 fully saturated rings. The van der Waals surface area contributed by atoms with Crippen molar-refractivity contribution in [1.29, 1.82) is 0 Å². The van der Waals surface area contributed by atoms with E-state index in [4.69, 9.17) is 4.74 Å². The monoisotopic (exact) mass is 480 g/mol. The molecule has 11 heteroatoms. The lowest BCUT2D eigenvalue weighted by molar-refractivity contribution is -0.138. The molecule has 0 spiro atoms. The molecular formula is C22H20F4N4O2S. The van der Waals surface area contributed by atoms with Gasteiger partial charge < -0.3 is 9.64 Å². The van der Waals surface area contributed by atoms with Crippen molar-refractivity contribution in [3.8, 4) is 11.6 Å². The smallest absolute Gasteiger partial charge is 0.418 e. The van der Waals surface area contributed by atoms with E-state index < -0.39 is 23.6 Å². The topological polar surface area (TPSA) is 67.4 Å². The molecule has 33 heavy (non-hydrogen) atoms. The second-order valence-corrected chi connectivity index (χ2v) is 8.05. The molecule has 3 aromatic rings. The van der Waals surface area contributed by atoms with E-state index in [9.17, 15) is 22.4 Å². The Morgan fingerprint density at radius 2 is 1.91 bits per heavy atom. The lowest BCUT2D eigenvalue weighted by atomic mass is 10.0. The summed E-state index contributed by atoms with van der Waals surface area (Å²) < 4.78 is 62.6. The van der Waals surface area contributed by atoms with E-state index >= 15 is 0 Å². The number of carbonyl (C=O) groups is 1. The fourth-order valence-corrected chi connectivity index (χ4v) is 3.64. The van der Waals surface area contributed by atoms with E-state index in [1.807, 2.05) is 6.07 Å². The van der Waals surface area contributed by atoms with Crippen LogP contribution < -0.4 is 14.4 Å². The first kappa shape index (κ1) is 24.5. The van der Waals surface area contributed by atoms with Gasteiger partial charge in [-0.2, -0.15) is 17.6 Å². The number of nitrogens with one attached hydrogen (secondary N) is 1. The Bertz CT molecular complexity index is 1190. The van der Waals surface area contributed by atoms with E-state index in [0.29, 0.717) is 11.9 Å². The number of carbonyl (C=O) groups excluding carboxylic acids is 1. The molecule has 0 radical (unpaired) electrons. The third-order valence-electron chi connectivity index (χ3n) is 4.76. The first-order valence-corrected chi connectivity index (χ1v) is 10.4. The van der Waals surface area contributed by atoms with Crippen LogP contribution in [-0.4, -0.2) is 30.0 Å². The predicted molar refractivity (Wildman–Crippen MR) is 117 cm³/mol. The number of amides is 1. The van der Waals surface area contributed by atoms with Crippen molar-refractivity contribution in [2.45, 2.75) is 24.9 Å². The van der Waals surface area contributed by atoms with Crippen molar-refractivity contribution >= 4 is 23.5 Å². The number of pyridine rings is 2. The molecule has 1 aromatic carbocycles. The summed E-state index contributed by atoms with van der Waals surface area (Å²) in [7, 11) is 3.18. The van der Waals surface area contributed by atoms with Crippen molar-refractivity contribution in [3.63, 3.8) is 0 Å². The Kier molecular flexibility index (Phi) is 7.23. The van der Waals surface area contributed by atoms with E-state index in [1.165, 1.54) is 43.8 Å². The number of ether oxygens (including phenoxy) is 1. The Balaban J connectivity index is 2.10. The van der Waals surface area contributed by atoms with Crippen molar-refractivity contribution in [1.82, 2.24) is 14.7 Å². The molecule has 2 aromatic heterocycles. The quantitative estimate of drug-likeness (QED) is 0.284. The highest BCUT2D eigenvalue weighted by atomic mass is 32.2. The number of aryl methyl sites for hydroxylation is 1. The number of hydrogen-bond donors (Lipinski definition) is 1. The van der Waals surface area contributed by atoms with Gasteiger partial charge >= 0.3 is 6.18 Å². The van der Waals surface area contributed by atoms with Gasteiger partial charge in [0.1, 0.15) is 5.56 Å². The molecule has 0 aliphatic rings. The molecule has 2 heterocycles. The van der Waals surface area contributed by atoms with Crippen molar-refractivity contribution in [2.24, 2.45) is 0 Å². The Hall–Kier alpha value is -3.18. The van der Waals surface area contributed by atoms with E-state index in [-0.39, 0.29) is 28.5 Å². The number of anilines is 1. The highest BCUT2D eigenvalue weighted by Gasteiger charge is 2.36. The number of aromatic nitrogens is 2. The van der Waals surface area contributed by atoms with Gasteiger partial charge in [0.05, 0.1) is 11.3 Å². The van der Waals surface area contributed by atoms with Crippen LogP contribution in [-0.2, 0) is 6.18 Å². The molecule has 1 amide bonds. The van der Waals surface area contributed by atoms with Crippen LogP contribution in [0.1, 0.15) is 27.2 Å². The molecule has 0 bridgehead atoms. The van der Waals surface area contributed by atoms with Gasteiger partial charge in [-0.05, 0) is 68.7 Å². The van der Waals surface area contributed by atoms with Gasteiger partial charge in [0.25, 0.3) is 5.91 Å². The minimum absolute atomic E-state index is 0.0622. The first-order chi connectivity index (χ1) is 15.5. The highest BCUT2D eigenvalue weighted by Crippen LogP contribution is 2.37. The number of halogens is 4. The predicted octanol–water partition coefficient (Wildman–Crippen LogP) is 5.55. The number of alkyl halides is 3. The third-order valence-corrected chi connectivity index (χ3v) is 5.46. The molecule has 0 aliphatic heterocycles. The van der Waals surface area contributed by atoms with Gasteiger partial charge in [0, 0.05) is 23.8 Å². The van der Waals surface area contributed by atoms with Gasteiger partial charge in [0.15, 0.2) is 5.75 Å². The maximum absolute atomic E-state index is 13.6. The van der Waals surface area contributed by atoms with Crippen LogP contribution in [0.2, 0.25) is 0 Å². The first-order valence-electron chi connectivity index (χ1n) is 9.62. The van der Waals surface area contributed by atoms with E-state index in [0.717, 1.165) is 11.0 Å². The van der Waals surface area contributed by atoms with Crippen LogP contribution in [0.15, 0.2) is 47.5 Å². The zero-order valence-electron chi connectivity index (χ0n) is 18.1. The summed E-state index contributed by atoms with van der Waals surface area (Å²) >= 11 is 1.32. The van der Waals surface area contributed by atoms with Gasteiger partial charge in [0.2, 0.25) is 11.8 Å². The van der Waals surface area contributed by atoms with Gasteiger partial charge in [-0.15, -0.1) is 0 Å². The molecule has 1 N–H and O–H groups in total.